The van der Waals surface area contributed by atoms with Crippen molar-refractivity contribution < 1.29 is 9.53 Å². The van der Waals surface area contributed by atoms with Crippen LogP contribution in [0.25, 0.3) is 0 Å². The largest absolute Gasteiger partial charge is 0.491 e. The molecule has 1 N–H and O–H groups in total. The van der Waals surface area contributed by atoms with Gasteiger partial charge in [0, 0.05) is 6.54 Å². The zero-order chi connectivity index (χ0) is 13.2. The number of likely N-dealkylation sites (N-methyl/N-ethyl adjacent to an activating group) is 1. The summed E-state index contributed by atoms with van der Waals surface area (Å²) in [5.41, 5.74) is 0.292. The van der Waals surface area contributed by atoms with Gasteiger partial charge in [0.25, 0.3) is 0 Å². The molecule has 4 nitrogen and oxygen atoms in total. The smallest absolute Gasteiger partial charge is 0.246 e. The van der Waals surface area contributed by atoms with Gasteiger partial charge in [-0.15, -0.1) is 0 Å². The fraction of sp³-hybridized carbons (Fsp3) is 0.500. The molecule has 0 saturated heterocycles. The lowest BCUT2D eigenvalue weighted by molar-refractivity contribution is -0.123. The van der Waals surface area contributed by atoms with Crippen molar-refractivity contribution in [2.24, 2.45) is 0 Å². The number of carbonyl (C=O) groups excluding carboxylic acids is 1. The van der Waals surface area contributed by atoms with Crippen LogP contribution in [0.1, 0.15) is 20.3 Å². The second-order valence-corrected chi connectivity index (χ2v) is 5.00. The maximum absolute atomic E-state index is 12.6. The minimum absolute atomic E-state index is 0.0722. The van der Waals surface area contributed by atoms with Gasteiger partial charge in [0.1, 0.15) is 5.75 Å². The summed E-state index contributed by atoms with van der Waals surface area (Å²) in [4.78, 5) is 14.4. The molecule has 4 heteroatoms. The molecule has 0 aliphatic carbocycles. The minimum atomic E-state index is -0.572. The minimum Gasteiger partial charge on any atom is -0.491 e. The molecule has 0 spiro atoms. The molecule has 0 fully saturated rings. The predicted molar refractivity (Wildman–Crippen MR) is 72.0 cm³/mol. The first kappa shape index (κ1) is 12.9. The van der Waals surface area contributed by atoms with E-state index in [1.54, 1.807) is 7.05 Å². The monoisotopic (exact) mass is 248 g/mol. The third-order valence-electron chi connectivity index (χ3n) is 3.34. The quantitative estimate of drug-likeness (QED) is 0.867. The maximum atomic E-state index is 12.6. The second-order valence-electron chi connectivity index (χ2n) is 5.00. The van der Waals surface area contributed by atoms with Gasteiger partial charge < -0.3 is 15.0 Å². The molecule has 1 aliphatic heterocycles. The highest BCUT2D eigenvalue weighted by atomic mass is 16.5. The van der Waals surface area contributed by atoms with Crippen LogP contribution in [0.15, 0.2) is 24.3 Å². The van der Waals surface area contributed by atoms with Crippen molar-refractivity contribution in [3.63, 3.8) is 0 Å². The zero-order valence-corrected chi connectivity index (χ0v) is 11.2. The Bertz CT molecular complexity index is 443. The molecule has 1 aromatic carbocycles. The molecule has 0 aromatic heterocycles. The van der Waals surface area contributed by atoms with Crippen LogP contribution in [0, 0.1) is 0 Å². The zero-order valence-electron chi connectivity index (χ0n) is 11.2. The Morgan fingerprint density at radius 3 is 2.83 bits per heavy atom. The summed E-state index contributed by atoms with van der Waals surface area (Å²) >= 11 is 0. The first-order valence-corrected chi connectivity index (χ1v) is 6.29. The number of para-hydroxylation sites is 2. The van der Waals surface area contributed by atoms with Crippen molar-refractivity contribution in [1.82, 2.24) is 5.32 Å². The van der Waals surface area contributed by atoms with Gasteiger partial charge in [-0.25, -0.2) is 0 Å². The van der Waals surface area contributed by atoms with Crippen molar-refractivity contribution in [3.05, 3.63) is 24.3 Å². The van der Waals surface area contributed by atoms with Crippen molar-refractivity contribution in [2.45, 2.75) is 25.8 Å². The van der Waals surface area contributed by atoms with Crippen LogP contribution in [0.4, 0.5) is 5.69 Å². The van der Waals surface area contributed by atoms with Crippen LogP contribution >= 0.6 is 0 Å². The Kier molecular flexibility index (Phi) is 3.57. The van der Waals surface area contributed by atoms with Gasteiger partial charge in [0.15, 0.2) is 0 Å². The number of ether oxygens (including phenoxy) is 1. The van der Waals surface area contributed by atoms with E-state index in [1.807, 2.05) is 43.0 Å². The summed E-state index contributed by atoms with van der Waals surface area (Å²) in [5.74, 6) is 0.859. The van der Waals surface area contributed by atoms with E-state index in [0.717, 1.165) is 17.9 Å². The van der Waals surface area contributed by atoms with Gasteiger partial charge in [-0.1, -0.05) is 12.1 Å². The van der Waals surface area contributed by atoms with E-state index >= 15 is 0 Å². The van der Waals surface area contributed by atoms with E-state index in [0.29, 0.717) is 13.2 Å². The van der Waals surface area contributed by atoms with Crippen LogP contribution in [0.5, 0.6) is 5.75 Å². The standard InChI is InChI=1S/C14H20N2O2/c1-14(2,15-3)13(17)16-9-6-10-18-12-8-5-4-7-11(12)16/h4-5,7-8,15H,6,9-10H2,1-3H3. The number of hydrogen-bond donors (Lipinski definition) is 1. The van der Waals surface area contributed by atoms with Crippen molar-refractivity contribution in [2.75, 3.05) is 25.1 Å². The van der Waals surface area contributed by atoms with Crippen LogP contribution in [0.2, 0.25) is 0 Å². The van der Waals surface area contributed by atoms with E-state index < -0.39 is 5.54 Å². The van der Waals surface area contributed by atoms with E-state index in [1.165, 1.54) is 0 Å². The molecule has 2 rings (SSSR count). The highest BCUT2D eigenvalue weighted by Gasteiger charge is 2.32. The average molecular weight is 248 g/mol. The lowest BCUT2D eigenvalue weighted by atomic mass is 10.0. The molecule has 0 radical (unpaired) electrons. The number of anilines is 1. The third kappa shape index (κ3) is 2.34. The number of fused-ring (bicyclic) bond motifs is 1. The molecule has 0 bridgehead atoms. The van der Waals surface area contributed by atoms with E-state index in [2.05, 4.69) is 5.32 Å². The molecule has 1 aliphatic rings. The highest BCUT2D eigenvalue weighted by molar-refractivity contribution is 6.00. The van der Waals surface area contributed by atoms with E-state index in [9.17, 15) is 4.79 Å². The van der Waals surface area contributed by atoms with Gasteiger partial charge in [-0.2, -0.15) is 0 Å². The van der Waals surface area contributed by atoms with Crippen LogP contribution in [-0.4, -0.2) is 31.6 Å². The Morgan fingerprint density at radius 2 is 2.11 bits per heavy atom. The summed E-state index contributed by atoms with van der Waals surface area (Å²) in [7, 11) is 1.80. The molecule has 1 aromatic rings. The first-order valence-electron chi connectivity index (χ1n) is 6.29. The van der Waals surface area contributed by atoms with Crippen molar-refractivity contribution in [3.8, 4) is 5.75 Å². The number of carbonyl (C=O) groups is 1. The first-order chi connectivity index (χ1) is 8.56. The van der Waals surface area contributed by atoms with Crippen LogP contribution in [-0.2, 0) is 4.79 Å². The highest BCUT2D eigenvalue weighted by Crippen LogP contribution is 2.31. The van der Waals surface area contributed by atoms with Gasteiger partial charge in [-0.3, -0.25) is 4.79 Å². The van der Waals surface area contributed by atoms with Gasteiger partial charge in [-0.05, 0) is 39.4 Å². The number of rotatable bonds is 2. The number of nitrogens with zero attached hydrogens (tertiary/aromatic N) is 1. The molecule has 1 amide bonds. The fourth-order valence-corrected chi connectivity index (χ4v) is 1.98. The fourth-order valence-electron chi connectivity index (χ4n) is 1.98. The van der Waals surface area contributed by atoms with Crippen LogP contribution in [0.3, 0.4) is 0 Å². The lowest BCUT2D eigenvalue weighted by Crippen LogP contribution is -2.53. The molecule has 0 atom stereocenters. The number of hydrogen-bond acceptors (Lipinski definition) is 3. The van der Waals surface area contributed by atoms with Gasteiger partial charge in [0.2, 0.25) is 5.91 Å². The Labute approximate surface area is 108 Å². The Hall–Kier alpha value is -1.55. The van der Waals surface area contributed by atoms with Gasteiger partial charge in [0.05, 0.1) is 17.8 Å². The van der Waals surface area contributed by atoms with E-state index in [4.69, 9.17) is 4.74 Å². The molecule has 0 unspecified atom stereocenters. The topological polar surface area (TPSA) is 41.6 Å². The number of benzene rings is 1. The summed E-state index contributed by atoms with van der Waals surface area (Å²) in [6.45, 7) is 5.13. The number of amides is 1. The van der Waals surface area contributed by atoms with Gasteiger partial charge >= 0.3 is 0 Å². The molecule has 1 heterocycles. The molecular weight excluding hydrogens is 228 g/mol. The normalized spacial score (nSPS) is 15.6. The summed E-state index contributed by atoms with van der Waals surface area (Å²) in [6, 6.07) is 7.70. The lowest BCUT2D eigenvalue weighted by Gasteiger charge is -2.31. The predicted octanol–water partition coefficient (Wildman–Crippen LogP) is 1.80. The van der Waals surface area contributed by atoms with Crippen molar-refractivity contribution >= 4 is 11.6 Å². The molecule has 18 heavy (non-hydrogen) atoms. The summed E-state index contributed by atoms with van der Waals surface area (Å²) < 4.78 is 5.66. The summed E-state index contributed by atoms with van der Waals surface area (Å²) in [5, 5.41) is 3.06. The molecular formula is C14H20N2O2. The second kappa shape index (κ2) is 4.98. The Balaban J connectivity index is 2.36. The van der Waals surface area contributed by atoms with Crippen LogP contribution < -0.4 is 15.0 Å². The third-order valence-corrected chi connectivity index (χ3v) is 3.34. The number of nitrogens with one attached hydrogen (secondary N) is 1. The summed E-state index contributed by atoms with van der Waals surface area (Å²) in [6.07, 6.45) is 0.847. The Morgan fingerprint density at radius 1 is 1.39 bits per heavy atom. The average Bonchev–Trinajstić information content (AvgIpc) is 2.60. The molecule has 98 valence electrons. The molecule has 0 saturated carbocycles. The van der Waals surface area contributed by atoms with Crippen molar-refractivity contribution in [1.29, 1.82) is 0 Å². The van der Waals surface area contributed by atoms with E-state index in [-0.39, 0.29) is 5.91 Å². The maximum Gasteiger partial charge on any atom is 0.246 e. The SMILES string of the molecule is CNC(C)(C)C(=O)N1CCCOc2ccccc21.